The third kappa shape index (κ3) is 2.03. The molecule has 0 aliphatic rings. The normalized spacial score (nSPS) is 12.1. The molecule has 0 bridgehead atoms. The van der Waals surface area contributed by atoms with Gasteiger partial charge in [0.2, 0.25) is 0 Å². The molecule has 0 saturated heterocycles. The van der Waals surface area contributed by atoms with E-state index in [1.54, 1.807) is 23.1 Å². The summed E-state index contributed by atoms with van der Waals surface area (Å²) >= 11 is 3.42. The second-order valence-corrected chi connectivity index (χ2v) is 5.47. The lowest BCUT2D eigenvalue weighted by atomic mass is 10.1. The zero-order chi connectivity index (χ0) is 9.35. The van der Waals surface area contributed by atoms with Crippen molar-refractivity contribution in [3.05, 3.63) is 16.5 Å². The van der Waals surface area contributed by atoms with Crippen LogP contribution in [-0.2, 0) is 5.60 Å². The highest BCUT2D eigenvalue weighted by molar-refractivity contribution is 8.00. The van der Waals surface area contributed by atoms with Gasteiger partial charge in [-0.25, -0.2) is 0 Å². The Bertz CT molecular complexity index is 271. The highest BCUT2D eigenvalue weighted by Gasteiger charge is 2.19. The summed E-state index contributed by atoms with van der Waals surface area (Å²) < 4.78 is 1.30. The average molecular weight is 202 g/mol. The Balaban J connectivity index is 3.05. The van der Waals surface area contributed by atoms with E-state index in [0.717, 1.165) is 4.88 Å². The fourth-order valence-corrected chi connectivity index (χ4v) is 2.86. The second kappa shape index (κ2) is 3.40. The van der Waals surface area contributed by atoms with Crippen LogP contribution in [-0.4, -0.2) is 11.4 Å². The van der Waals surface area contributed by atoms with Crippen molar-refractivity contribution in [2.45, 2.75) is 30.6 Å². The van der Waals surface area contributed by atoms with E-state index in [9.17, 15) is 5.11 Å². The molecule has 3 heteroatoms. The maximum absolute atomic E-state index is 9.72. The van der Waals surface area contributed by atoms with Crippen LogP contribution in [0.15, 0.2) is 10.3 Å². The van der Waals surface area contributed by atoms with Gasteiger partial charge in [-0.15, -0.1) is 23.1 Å². The standard InChI is InChI=1S/C9H14OS2/c1-6-5-7(9(2,3)10)12-8(6)11-4/h5,10H,1-4H3. The van der Waals surface area contributed by atoms with E-state index < -0.39 is 5.60 Å². The van der Waals surface area contributed by atoms with E-state index in [0.29, 0.717) is 0 Å². The Labute approximate surface area is 81.8 Å². The quantitative estimate of drug-likeness (QED) is 0.744. The lowest BCUT2D eigenvalue weighted by molar-refractivity contribution is 0.0825. The van der Waals surface area contributed by atoms with Crippen LogP contribution in [0.5, 0.6) is 0 Å². The minimum atomic E-state index is -0.691. The van der Waals surface area contributed by atoms with Crippen LogP contribution in [0.1, 0.15) is 24.3 Å². The summed E-state index contributed by atoms with van der Waals surface area (Å²) in [6.07, 6.45) is 2.06. The minimum absolute atomic E-state index is 0.691. The molecule has 1 aromatic rings. The number of aliphatic hydroxyl groups is 1. The highest BCUT2D eigenvalue weighted by Crippen LogP contribution is 2.35. The second-order valence-electron chi connectivity index (χ2n) is 3.34. The van der Waals surface area contributed by atoms with Gasteiger partial charge in [0.25, 0.3) is 0 Å². The predicted molar refractivity (Wildman–Crippen MR) is 56.1 cm³/mol. The number of thioether (sulfide) groups is 1. The molecular weight excluding hydrogens is 188 g/mol. The molecule has 1 nitrogen and oxygen atoms in total. The first-order valence-corrected chi connectivity index (χ1v) is 5.86. The van der Waals surface area contributed by atoms with Crippen LogP contribution in [0.3, 0.4) is 0 Å². The number of hydrogen-bond donors (Lipinski definition) is 1. The first-order chi connectivity index (χ1) is 5.45. The number of hydrogen-bond acceptors (Lipinski definition) is 3. The summed E-state index contributed by atoms with van der Waals surface area (Å²) in [6.45, 7) is 5.72. The third-order valence-corrected chi connectivity index (χ3v) is 4.45. The molecule has 0 amide bonds. The molecule has 0 unspecified atom stereocenters. The van der Waals surface area contributed by atoms with Gasteiger partial charge in [0.1, 0.15) is 0 Å². The molecule has 0 saturated carbocycles. The molecular formula is C9H14OS2. The topological polar surface area (TPSA) is 20.2 Å². The lowest BCUT2D eigenvalue weighted by Gasteiger charge is -2.13. The van der Waals surface area contributed by atoms with Gasteiger partial charge < -0.3 is 5.11 Å². The summed E-state index contributed by atoms with van der Waals surface area (Å²) in [4.78, 5) is 1.05. The van der Waals surface area contributed by atoms with E-state index >= 15 is 0 Å². The van der Waals surface area contributed by atoms with Gasteiger partial charge in [-0.2, -0.15) is 0 Å². The molecule has 0 spiro atoms. The number of rotatable bonds is 2. The van der Waals surface area contributed by atoms with Crippen LogP contribution in [0.2, 0.25) is 0 Å². The van der Waals surface area contributed by atoms with E-state index in [-0.39, 0.29) is 0 Å². The van der Waals surface area contributed by atoms with E-state index in [1.165, 1.54) is 9.77 Å². The number of aryl methyl sites for hydroxylation is 1. The molecule has 0 atom stereocenters. The zero-order valence-corrected chi connectivity index (χ0v) is 9.47. The Hall–Kier alpha value is 0.01000. The van der Waals surface area contributed by atoms with Crippen molar-refractivity contribution >= 4 is 23.1 Å². The Morgan fingerprint density at radius 2 is 2.08 bits per heavy atom. The van der Waals surface area contributed by atoms with Gasteiger partial charge in [0, 0.05) is 4.88 Å². The maximum Gasteiger partial charge on any atom is 0.0932 e. The van der Waals surface area contributed by atoms with Crippen molar-refractivity contribution in [3.63, 3.8) is 0 Å². The smallest absolute Gasteiger partial charge is 0.0932 e. The molecule has 0 fully saturated rings. The van der Waals surface area contributed by atoms with Crippen molar-refractivity contribution in [1.29, 1.82) is 0 Å². The molecule has 0 aliphatic heterocycles. The van der Waals surface area contributed by atoms with E-state index in [4.69, 9.17) is 0 Å². The van der Waals surface area contributed by atoms with Crippen molar-refractivity contribution in [2.75, 3.05) is 6.26 Å². The minimum Gasteiger partial charge on any atom is -0.385 e. The highest BCUT2D eigenvalue weighted by atomic mass is 32.2. The Morgan fingerprint density at radius 1 is 1.50 bits per heavy atom. The number of thiophene rings is 1. The predicted octanol–water partition coefficient (Wildman–Crippen LogP) is 3.01. The molecule has 0 aliphatic carbocycles. The Kier molecular flexibility index (Phi) is 2.86. The van der Waals surface area contributed by atoms with Gasteiger partial charge in [0.05, 0.1) is 9.81 Å². The Morgan fingerprint density at radius 3 is 2.33 bits per heavy atom. The SMILES string of the molecule is CSc1sc(C(C)(C)O)cc1C. The van der Waals surface area contributed by atoms with Crippen LogP contribution >= 0.6 is 23.1 Å². The maximum atomic E-state index is 9.72. The van der Waals surface area contributed by atoms with Crippen molar-refractivity contribution < 1.29 is 5.11 Å². The van der Waals surface area contributed by atoms with E-state index in [2.05, 4.69) is 19.2 Å². The molecule has 1 rings (SSSR count). The van der Waals surface area contributed by atoms with Crippen LogP contribution in [0, 0.1) is 6.92 Å². The van der Waals surface area contributed by atoms with Crippen molar-refractivity contribution in [3.8, 4) is 0 Å². The monoisotopic (exact) mass is 202 g/mol. The van der Waals surface area contributed by atoms with Gasteiger partial charge in [-0.05, 0) is 38.7 Å². The molecule has 1 heterocycles. The summed E-state index contributed by atoms with van der Waals surface area (Å²) in [5.74, 6) is 0. The van der Waals surface area contributed by atoms with Gasteiger partial charge >= 0.3 is 0 Å². The van der Waals surface area contributed by atoms with Crippen LogP contribution < -0.4 is 0 Å². The van der Waals surface area contributed by atoms with Crippen molar-refractivity contribution in [1.82, 2.24) is 0 Å². The van der Waals surface area contributed by atoms with Gasteiger partial charge in [0.15, 0.2) is 0 Å². The fraction of sp³-hybridized carbons (Fsp3) is 0.556. The average Bonchev–Trinajstić information content (AvgIpc) is 2.29. The molecule has 0 aromatic carbocycles. The molecule has 12 heavy (non-hydrogen) atoms. The summed E-state index contributed by atoms with van der Waals surface area (Å²) in [7, 11) is 0. The van der Waals surface area contributed by atoms with Gasteiger partial charge in [-0.1, -0.05) is 0 Å². The van der Waals surface area contributed by atoms with Crippen molar-refractivity contribution in [2.24, 2.45) is 0 Å². The molecule has 1 aromatic heterocycles. The third-order valence-electron chi connectivity index (χ3n) is 1.66. The lowest BCUT2D eigenvalue weighted by Crippen LogP contribution is -2.12. The van der Waals surface area contributed by atoms with E-state index in [1.807, 2.05) is 13.8 Å². The summed E-state index contributed by atoms with van der Waals surface area (Å²) in [5, 5.41) is 9.72. The molecule has 1 N–H and O–H groups in total. The van der Waals surface area contributed by atoms with Gasteiger partial charge in [-0.3, -0.25) is 0 Å². The summed E-state index contributed by atoms with van der Waals surface area (Å²) in [6, 6.07) is 2.07. The zero-order valence-electron chi connectivity index (χ0n) is 7.84. The molecule has 0 radical (unpaired) electrons. The fourth-order valence-electron chi connectivity index (χ4n) is 0.970. The van der Waals surface area contributed by atoms with Crippen LogP contribution in [0.4, 0.5) is 0 Å². The summed E-state index contributed by atoms with van der Waals surface area (Å²) in [5.41, 5.74) is 0.577. The first kappa shape index (κ1) is 10.1. The molecule has 68 valence electrons. The largest absolute Gasteiger partial charge is 0.385 e. The van der Waals surface area contributed by atoms with Crippen LogP contribution in [0.25, 0.3) is 0 Å². The first-order valence-electron chi connectivity index (χ1n) is 3.82.